The molecule has 2 aliphatic heterocycles. The fraction of sp³-hybridized carbons (Fsp3) is 0.706. The van der Waals surface area contributed by atoms with E-state index in [4.69, 9.17) is 33.5 Å². The maximum Gasteiger partial charge on any atom is 0.475 e. The number of aromatic nitrogens is 2. The summed E-state index contributed by atoms with van der Waals surface area (Å²) in [6, 6.07) is 1.16. The molecule has 1 aromatic rings. The first-order chi connectivity index (χ1) is 14.5. The summed E-state index contributed by atoms with van der Waals surface area (Å²) in [6.07, 6.45) is -1.63. The molecule has 1 aromatic heterocycles. The summed E-state index contributed by atoms with van der Waals surface area (Å²) in [4.78, 5) is 37.0. The Morgan fingerprint density at radius 1 is 1.42 bits per heavy atom. The molecule has 0 radical (unpaired) electrons. The van der Waals surface area contributed by atoms with Gasteiger partial charge in [0, 0.05) is 12.3 Å². The second-order valence-corrected chi connectivity index (χ2v) is 9.23. The van der Waals surface area contributed by atoms with Crippen molar-refractivity contribution in [3.63, 3.8) is 0 Å². The minimum atomic E-state index is -3.99. The molecule has 0 bridgehead atoms. The van der Waals surface area contributed by atoms with E-state index in [9.17, 15) is 18.9 Å². The maximum atomic E-state index is 12.8. The monoisotopic (exact) mass is 463 g/mol. The lowest BCUT2D eigenvalue weighted by atomic mass is 9.93. The molecule has 2 fully saturated rings. The Balaban J connectivity index is 1.58. The molecule has 13 nitrogen and oxygen atoms in total. The van der Waals surface area contributed by atoms with Gasteiger partial charge in [-0.25, -0.2) is 14.2 Å². The smallest absolute Gasteiger partial charge is 0.461 e. The molecule has 0 spiro atoms. The number of hydrogen-bond acceptors (Lipinski definition) is 11. The van der Waals surface area contributed by atoms with Gasteiger partial charge in [0.25, 0.3) is 5.56 Å². The predicted octanol–water partition coefficient (Wildman–Crippen LogP) is -0.340. The van der Waals surface area contributed by atoms with E-state index in [1.165, 1.54) is 6.20 Å². The summed E-state index contributed by atoms with van der Waals surface area (Å²) in [6.45, 7) is 4.35. The summed E-state index contributed by atoms with van der Waals surface area (Å²) in [5, 5.41) is 0. The van der Waals surface area contributed by atoms with Crippen LogP contribution in [0.25, 0.3) is 0 Å². The van der Waals surface area contributed by atoms with Crippen LogP contribution in [0.3, 0.4) is 0 Å². The van der Waals surface area contributed by atoms with E-state index in [1.807, 2.05) is 0 Å². The second-order valence-electron chi connectivity index (χ2n) is 7.60. The number of nitrogens with zero attached hydrogens (tertiary/aromatic N) is 1. The van der Waals surface area contributed by atoms with E-state index < -0.39 is 49.0 Å². The van der Waals surface area contributed by atoms with Crippen LogP contribution in [0.1, 0.15) is 27.0 Å². The van der Waals surface area contributed by atoms with Gasteiger partial charge in [-0.3, -0.25) is 27.9 Å². The summed E-state index contributed by atoms with van der Waals surface area (Å²) in [7, 11) is -3.99. The largest absolute Gasteiger partial charge is 0.475 e. The highest BCUT2D eigenvalue weighted by Crippen LogP contribution is 2.58. The van der Waals surface area contributed by atoms with E-state index in [0.29, 0.717) is 0 Å². The number of nitrogens with one attached hydrogen (secondary N) is 1. The Labute approximate surface area is 177 Å². The van der Waals surface area contributed by atoms with Crippen LogP contribution in [-0.4, -0.2) is 65.8 Å². The first kappa shape index (κ1) is 23.8. The van der Waals surface area contributed by atoms with Crippen molar-refractivity contribution < 1.29 is 37.1 Å². The Morgan fingerprint density at radius 2 is 2.16 bits per heavy atom. The van der Waals surface area contributed by atoms with E-state index >= 15 is 0 Å². The molecular weight excluding hydrogens is 437 g/mol. The van der Waals surface area contributed by atoms with E-state index in [-0.39, 0.29) is 32.5 Å². The normalized spacial score (nSPS) is 32.7. The summed E-state index contributed by atoms with van der Waals surface area (Å²) < 4.78 is 45.7. The lowest BCUT2D eigenvalue weighted by Gasteiger charge is -2.35. The number of H-pyrrole nitrogens is 1. The van der Waals surface area contributed by atoms with Gasteiger partial charge < -0.3 is 19.9 Å². The second kappa shape index (κ2) is 9.33. The minimum Gasteiger partial charge on any atom is -0.461 e. The third-order valence-electron chi connectivity index (χ3n) is 4.59. The Hall–Kier alpha value is -1.86. The molecule has 0 amide bonds. The topological polar surface area (TPSA) is 170 Å². The van der Waals surface area contributed by atoms with Crippen molar-refractivity contribution in [1.82, 2.24) is 9.55 Å². The Kier molecular flexibility index (Phi) is 7.16. The average Bonchev–Trinajstić information content (AvgIpc) is 2.91. The van der Waals surface area contributed by atoms with Gasteiger partial charge in [-0.1, -0.05) is 0 Å². The number of carbonyl (C=O) groups is 1. The number of aromatic amines is 1. The third kappa shape index (κ3) is 5.50. The predicted molar refractivity (Wildman–Crippen MR) is 104 cm³/mol. The van der Waals surface area contributed by atoms with Crippen molar-refractivity contribution in [3.8, 4) is 0 Å². The standard InChI is InChI=1S/C17H26N3O10P/c1-10(2)28-13(22)9-25-6-7-26-31(24)27-8-11-14(30-31)17(3,18)15(29-11)20-5-4-12(21)19-16(20)23/h4-5,10-11,14-15H,6-9,18H2,1-3H3,(H,19,21,23)/t11-,14-,15-,17-,31+/m1/s1. The van der Waals surface area contributed by atoms with Crippen LogP contribution >= 0.6 is 7.82 Å². The first-order valence-corrected chi connectivity index (χ1v) is 11.1. The van der Waals surface area contributed by atoms with Crippen molar-refractivity contribution in [1.29, 1.82) is 0 Å². The fourth-order valence-electron chi connectivity index (χ4n) is 3.27. The van der Waals surface area contributed by atoms with Crippen molar-refractivity contribution in [2.75, 3.05) is 26.4 Å². The molecule has 3 heterocycles. The van der Waals surface area contributed by atoms with Crippen molar-refractivity contribution >= 4 is 13.8 Å². The van der Waals surface area contributed by atoms with Gasteiger partial charge in [-0.2, -0.15) is 0 Å². The van der Waals surface area contributed by atoms with E-state index in [1.54, 1.807) is 20.8 Å². The molecule has 3 N–H and O–H groups in total. The van der Waals surface area contributed by atoms with E-state index in [0.717, 1.165) is 10.6 Å². The highest BCUT2D eigenvalue weighted by molar-refractivity contribution is 7.48. The highest BCUT2D eigenvalue weighted by Gasteiger charge is 2.59. The maximum absolute atomic E-state index is 12.8. The van der Waals surface area contributed by atoms with Gasteiger partial charge in [0.05, 0.1) is 31.5 Å². The lowest BCUT2D eigenvalue weighted by Crippen LogP contribution is -2.55. The lowest BCUT2D eigenvalue weighted by molar-refractivity contribution is -0.153. The summed E-state index contributed by atoms with van der Waals surface area (Å²) in [5.74, 6) is -0.528. The van der Waals surface area contributed by atoms with Gasteiger partial charge >= 0.3 is 19.5 Å². The number of rotatable bonds is 8. The number of nitrogens with two attached hydrogens (primary N) is 1. The van der Waals surface area contributed by atoms with Crippen LogP contribution in [0.2, 0.25) is 0 Å². The van der Waals surface area contributed by atoms with Crippen LogP contribution in [-0.2, 0) is 37.1 Å². The zero-order chi connectivity index (χ0) is 22.8. The summed E-state index contributed by atoms with van der Waals surface area (Å²) in [5.41, 5.74) is 3.81. The number of fused-ring (bicyclic) bond motifs is 1. The number of carbonyl (C=O) groups excluding carboxylic acids is 1. The first-order valence-electron chi connectivity index (χ1n) is 9.62. The average molecular weight is 463 g/mol. The number of esters is 1. The zero-order valence-electron chi connectivity index (χ0n) is 17.3. The van der Waals surface area contributed by atoms with Crippen LogP contribution in [0.4, 0.5) is 0 Å². The summed E-state index contributed by atoms with van der Waals surface area (Å²) >= 11 is 0. The van der Waals surface area contributed by atoms with Crippen molar-refractivity contribution in [2.24, 2.45) is 5.73 Å². The Bertz CT molecular complexity index is 958. The van der Waals surface area contributed by atoms with Crippen LogP contribution < -0.4 is 17.0 Å². The molecule has 0 saturated carbocycles. The molecule has 2 saturated heterocycles. The zero-order valence-corrected chi connectivity index (χ0v) is 18.2. The third-order valence-corrected chi connectivity index (χ3v) is 6.04. The quantitative estimate of drug-likeness (QED) is 0.294. The van der Waals surface area contributed by atoms with Gasteiger partial charge in [-0.05, 0) is 20.8 Å². The van der Waals surface area contributed by atoms with Crippen LogP contribution in [0.5, 0.6) is 0 Å². The van der Waals surface area contributed by atoms with Gasteiger partial charge in [0.15, 0.2) is 6.23 Å². The molecule has 174 valence electrons. The Morgan fingerprint density at radius 3 is 2.84 bits per heavy atom. The van der Waals surface area contributed by atoms with Gasteiger partial charge in [-0.15, -0.1) is 0 Å². The number of phosphoric acid groups is 1. The fourth-order valence-corrected chi connectivity index (χ4v) is 4.74. The molecule has 5 atom stereocenters. The van der Waals surface area contributed by atoms with Gasteiger partial charge in [0.1, 0.15) is 18.8 Å². The minimum absolute atomic E-state index is 0.0518. The molecule has 0 unspecified atom stereocenters. The SMILES string of the molecule is CC(C)OC(=O)COCCO[P@@]1(=O)OC[C@H]2O[C@@H](n3ccc(=O)[nH]c3=O)[C@](C)(N)[C@@H]2O1. The molecule has 3 rings (SSSR count). The number of phosphoric ester groups is 1. The molecule has 14 heteroatoms. The molecule has 0 aromatic carbocycles. The molecule has 31 heavy (non-hydrogen) atoms. The molecular formula is C17H26N3O10P. The van der Waals surface area contributed by atoms with Gasteiger partial charge in [0.2, 0.25) is 0 Å². The number of ether oxygens (including phenoxy) is 3. The molecule has 0 aliphatic carbocycles. The molecule has 2 aliphatic rings. The van der Waals surface area contributed by atoms with E-state index in [2.05, 4.69) is 4.98 Å². The highest BCUT2D eigenvalue weighted by atomic mass is 31.2. The number of hydrogen-bond donors (Lipinski definition) is 2. The van der Waals surface area contributed by atoms with Crippen LogP contribution in [0, 0.1) is 0 Å². The van der Waals surface area contributed by atoms with Crippen molar-refractivity contribution in [3.05, 3.63) is 33.1 Å². The van der Waals surface area contributed by atoms with Crippen molar-refractivity contribution in [2.45, 2.75) is 50.8 Å². The van der Waals surface area contributed by atoms with Crippen LogP contribution in [0.15, 0.2) is 21.9 Å².